The minimum atomic E-state index is -0.613. The van der Waals surface area contributed by atoms with Gasteiger partial charge < -0.3 is 4.74 Å². The first-order valence-corrected chi connectivity index (χ1v) is 13.1. The molecule has 184 valence electrons. The molecular formula is C32H38O3. The van der Waals surface area contributed by atoms with Crippen molar-refractivity contribution >= 4 is 11.9 Å². The summed E-state index contributed by atoms with van der Waals surface area (Å²) < 4.78 is 4.99. The maximum Gasteiger partial charge on any atom is 0.346 e. The Balaban J connectivity index is 0.000000163. The van der Waals surface area contributed by atoms with E-state index in [1.165, 1.54) is 38.5 Å². The van der Waals surface area contributed by atoms with E-state index in [4.69, 9.17) is 4.74 Å². The Morgan fingerprint density at radius 1 is 0.600 bits per heavy atom. The lowest BCUT2D eigenvalue weighted by Gasteiger charge is -2.08. The van der Waals surface area contributed by atoms with Gasteiger partial charge in [0.2, 0.25) is 0 Å². The zero-order chi connectivity index (χ0) is 24.9. The Kier molecular flexibility index (Phi) is 8.05. The Bertz CT molecular complexity index is 1030. The molecule has 2 saturated carbocycles. The highest BCUT2D eigenvalue weighted by Crippen LogP contribution is 2.38. The number of aryl methyl sites for hydroxylation is 4. The number of carbonyl (C=O) groups excluding carboxylic acids is 2. The standard InChI is InChI=1S/C18H18O3.2C7H10/c1-11-5-7-15(13(3)9-11)17(19)21-18(20)16-8-6-12(2)10-14(16)4;2*1-2-7-4-3-6(1)5-7/h5-10H,1-4H3;2*1-2,6-7H,3-5H2. The minimum absolute atomic E-state index is 0.415. The molecule has 0 spiro atoms. The van der Waals surface area contributed by atoms with E-state index in [-0.39, 0.29) is 0 Å². The first-order valence-electron chi connectivity index (χ1n) is 13.1. The summed E-state index contributed by atoms with van der Waals surface area (Å²) in [5, 5.41) is 0. The monoisotopic (exact) mass is 470 g/mol. The van der Waals surface area contributed by atoms with E-state index in [9.17, 15) is 9.59 Å². The van der Waals surface area contributed by atoms with Crippen LogP contribution in [0.15, 0.2) is 60.7 Å². The third-order valence-corrected chi connectivity index (χ3v) is 7.73. The van der Waals surface area contributed by atoms with Crippen molar-refractivity contribution in [1.82, 2.24) is 0 Å². The second-order valence-electron chi connectivity index (χ2n) is 10.7. The van der Waals surface area contributed by atoms with Crippen LogP contribution in [0.4, 0.5) is 0 Å². The number of carbonyl (C=O) groups is 2. The number of fused-ring (bicyclic) bond motifs is 4. The van der Waals surface area contributed by atoms with Crippen molar-refractivity contribution in [2.24, 2.45) is 23.7 Å². The van der Waals surface area contributed by atoms with Gasteiger partial charge in [0.15, 0.2) is 0 Å². The zero-order valence-electron chi connectivity index (χ0n) is 21.6. The molecule has 4 aliphatic carbocycles. The first-order chi connectivity index (χ1) is 16.8. The van der Waals surface area contributed by atoms with Crippen LogP contribution in [0.5, 0.6) is 0 Å². The average Bonchev–Trinajstić information content (AvgIpc) is 3.63. The van der Waals surface area contributed by atoms with E-state index in [2.05, 4.69) is 24.3 Å². The molecule has 2 fully saturated rings. The largest absolute Gasteiger partial charge is 0.386 e. The molecule has 35 heavy (non-hydrogen) atoms. The average molecular weight is 471 g/mol. The fourth-order valence-electron chi connectivity index (χ4n) is 5.71. The molecule has 3 nitrogen and oxygen atoms in total. The zero-order valence-corrected chi connectivity index (χ0v) is 21.6. The molecule has 0 amide bonds. The third kappa shape index (κ3) is 6.60. The van der Waals surface area contributed by atoms with Gasteiger partial charge in [-0.3, -0.25) is 0 Å². The van der Waals surface area contributed by atoms with Gasteiger partial charge in [0.05, 0.1) is 11.1 Å². The van der Waals surface area contributed by atoms with Crippen molar-refractivity contribution in [2.75, 3.05) is 0 Å². The Labute approximate surface area is 210 Å². The van der Waals surface area contributed by atoms with Crippen molar-refractivity contribution in [3.8, 4) is 0 Å². The molecule has 0 heterocycles. The van der Waals surface area contributed by atoms with E-state index < -0.39 is 11.9 Å². The number of hydrogen-bond donors (Lipinski definition) is 0. The molecule has 4 bridgehead atoms. The van der Waals surface area contributed by atoms with E-state index in [0.29, 0.717) is 11.1 Å². The van der Waals surface area contributed by atoms with E-state index in [1.807, 2.05) is 52.0 Å². The molecule has 0 aromatic heterocycles. The maximum atomic E-state index is 12.1. The molecule has 4 aliphatic rings. The summed E-state index contributed by atoms with van der Waals surface area (Å²) in [4.78, 5) is 24.2. The number of allylic oxidation sites excluding steroid dienone is 4. The lowest BCUT2D eigenvalue weighted by Crippen LogP contribution is -2.15. The molecule has 3 heteroatoms. The fraction of sp³-hybridized carbons (Fsp3) is 0.438. The second-order valence-corrected chi connectivity index (χ2v) is 10.7. The molecule has 0 aliphatic heterocycles. The quantitative estimate of drug-likeness (QED) is 0.255. The summed E-state index contributed by atoms with van der Waals surface area (Å²) in [5.41, 5.74) is 4.55. The van der Waals surface area contributed by atoms with Gasteiger partial charge >= 0.3 is 11.9 Å². The molecular weight excluding hydrogens is 432 g/mol. The topological polar surface area (TPSA) is 43.4 Å². The molecule has 0 saturated heterocycles. The molecule has 0 N–H and O–H groups in total. The number of hydrogen-bond acceptors (Lipinski definition) is 3. The van der Waals surface area contributed by atoms with Crippen LogP contribution in [0.1, 0.15) is 81.5 Å². The van der Waals surface area contributed by atoms with Gasteiger partial charge in [-0.15, -0.1) is 0 Å². The highest BCUT2D eigenvalue weighted by Gasteiger charge is 2.26. The van der Waals surface area contributed by atoms with Gasteiger partial charge in [0.25, 0.3) is 0 Å². The van der Waals surface area contributed by atoms with Crippen LogP contribution >= 0.6 is 0 Å². The van der Waals surface area contributed by atoms with Crippen LogP contribution in [-0.4, -0.2) is 11.9 Å². The van der Waals surface area contributed by atoms with Crippen molar-refractivity contribution in [2.45, 2.75) is 66.2 Å². The molecule has 2 aromatic rings. The number of benzene rings is 2. The lowest BCUT2D eigenvalue weighted by molar-refractivity contribution is 0.0397. The van der Waals surface area contributed by atoms with Crippen LogP contribution in [0, 0.1) is 51.4 Å². The van der Waals surface area contributed by atoms with E-state index >= 15 is 0 Å². The molecule has 4 unspecified atom stereocenters. The normalized spacial score (nSPS) is 24.5. The lowest BCUT2D eigenvalue weighted by atomic mass is 10.1. The highest BCUT2D eigenvalue weighted by atomic mass is 16.6. The van der Waals surface area contributed by atoms with Crippen LogP contribution in [0.2, 0.25) is 0 Å². The minimum Gasteiger partial charge on any atom is -0.386 e. The van der Waals surface area contributed by atoms with Gasteiger partial charge in [-0.25, -0.2) is 9.59 Å². The molecule has 4 atom stereocenters. The summed E-state index contributed by atoms with van der Waals surface area (Å²) in [6.45, 7) is 7.54. The number of esters is 2. The smallest absolute Gasteiger partial charge is 0.346 e. The maximum absolute atomic E-state index is 12.1. The van der Waals surface area contributed by atoms with Crippen LogP contribution in [0.25, 0.3) is 0 Å². The Morgan fingerprint density at radius 2 is 0.943 bits per heavy atom. The third-order valence-electron chi connectivity index (χ3n) is 7.73. The van der Waals surface area contributed by atoms with Crippen LogP contribution in [-0.2, 0) is 4.74 Å². The number of rotatable bonds is 2. The van der Waals surface area contributed by atoms with Crippen molar-refractivity contribution in [3.05, 3.63) is 94.1 Å². The van der Waals surface area contributed by atoms with Crippen LogP contribution in [0.3, 0.4) is 0 Å². The van der Waals surface area contributed by atoms with Gasteiger partial charge in [0.1, 0.15) is 0 Å². The SMILES string of the molecule is C1=CC2CCC1C2.C1=CC2CCC1C2.Cc1ccc(C(=O)OC(=O)c2ccc(C)cc2C)c(C)c1. The van der Waals surface area contributed by atoms with Gasteiger partial charge in [0, 0.05) is 0 Å². The summed E-state index contributed by atoms with van der Waals surface area (Å²) in [5.74, 6) is 2.74. The van der Waals surface area contributed by atoms with Crippen LogP contribution < -0.4 is 0 Å². The molecule has 2 aromatic carbocycles. The van der Waals surface area contributed by atoms with E-state index in [0.717, 1.165) is 45.9 Å². The van der Waals surface area contributed by atoms with E-state index in [1.54, 1.807) is 12.1 Å². The van der Waals surface area contributed by atoms with Crippen molar-refractivity contribution in [3.63, 3.8) is 0 Å². The summed E-state index contributed by atoms with van der Waals surface area (Å²) in [6.07, 6.45) is 18.4. The predicted molar refractivity (Wildman–Crippen MR) is 142 cm³/mol. The summed E-state index contributed by atoms with van der Waals surface area (Å²) >= 11 is 0. The molecule has 6 rings (SSSR count). The fourth-order valence-corrected chi connectivity index (χ4v) is 5.71. The Hall–Kier alpha value is -2.94. The van der Waals surface area contributed by atoms with Gasteiger partial charge in [-0.1, -0.05) is 59.7 Å². The molecule has 0 radical (unpaired) electrons. The van der Waals surface area contributed by atoms with Gasteiger partial charge in [-0.2, -0.15) is 0 Å². The summed E-state index contributed by atoms with van der Waals surface area (Å²) in [7, 11) is 0. The second kappa shape index (κ2) is 11.2. The summed E-state index contributed by atoms with van der Waals surface area (Å²) in [6, 6.07) is 10.8. The van der Waals surface area contributed by atoms with Crippen molar-refractivity contribution in [1.29, 1.82) is 0 Å². The Morgan fingerprint density at radius 3 is 1.17 bits per heavy atom. The first kappa shape index (κ1) is 25.2. The highest BCUT2D eigenvalue weighted by molar-refractivity contribution is 6.03. The van der Waals surface area contributed by atoms with Gasteiger partial charge in [-0.05, 0) is 113 Å². The predicted octanol–water partition coefficient (Wildman–Crippen LogP) is 7.86. The van der Waals surface area contributed by atoms with Crippen molar-refractivity contribution < 1.29 is 14.3 Å². The number of ether oxygens (including phenoxy) is 1.